The molecule has 1 aromatic rings. The molecule has 0 saturated carbocycles. The maximum atomic E-state index is 13.5. The van der Waals surface area contributed by atoms with Crippen molar-refractivity contribution in [3.8, 4) is 0 Å². The van der Waals surface area contributed by atoms with E-state index in [1.165, 1.54) is 0 Å². The lowest BCUT2D eigenvalue weighted by molar-refractivity contribution is -0.130. The van der Waals surface area contributed by atoms with Crippen molar-refractivity contribution in [1.29, 1.82) is 0 Å². The average molecular weight is 272 g/mol. The zero-order valence-electron chi connectivity index (χ0n) is 10.4. The Labute approximate surface area is 109 Å². The number of carbonyl (C=O) groups excluding carboxylic acids is 1. The number of rotatable bonds is 2. The third-order valence-electron chi connectivity index (χ3n) is 3.15. The van der Waals surface area contributed by atoms with Crippen molar-refractivity contribution in [1.82, 2.24) is 10.2 Å². The highest BCUT2D eigenvalue weighted by Gasteiger charge is 2.20. The first kappa shape index (κ1) is 13.9. The number of benzene rings is 1. The standard InChI is InChI=1S/C13H15F3N2O/c14-10-3-2-9(12(15)13(10)16)8-11(19)18-6-1-4-17-5-7-18/h2-3,17H,1,4-8H2. The second-order valence-corrected chi connectivity index (χ2v) is 4.50. The van der Waals surface area contributed by atoms with E-state index in [1.54, 1.807) is 4.90 Å². The molecule has 1 heterocycles. The van der Waals surface area contributed by atoms with Crippen molar-refractivity contribution >= 4 is 5.91 Å². The van der Waals surface area contributed by atoms with Crippen molar-refractivity contribution in [2.45, 2.75) is 12.8 Å². The van der Waals surface area contributed by atoms with Gasteiger partial charge in [-0.1, -0.05) is 6.07 Å². The van der Waals surface area contributed by atoms with Gasteiger partial charge < -0.3 is 10.2 Å². The van der Waals surface area contributed by atoms with Crippen molar-refractivity contribution in [2.75, 3.05) is 26.2 Å². The van der Waals surface area contributed by atoms with E-state index in [1.807, 2.05) is 0 Å². The minimum absolute atomic E-state index is 0.110. The van der Waals surface area contributed by atoms with Crippen molar-refractivity contribution < 1.29 is 18.0 Å². The highest BCUT2D eigenvalue weighted by molar-refractivity contribution is 5.78. The average Bonchev–Trinajstić information content (AvgIpc) is 2.68. The second-order valence-electron chi connectivity index (χ2n) is 4.50. The quantitative estimate of drug-likeness (QED) is 0.827. The summed E-state index contributed by atoms with van der Waals surface area (Å²) in [5.74, 6) is -4.31. The molecule has 19 heavy (non-hydrogen) atoms. The second kappa shape index (κ2) is 6.06. The predicted octanol–water partition coefficient (Wildman–Crippen LogP) is 1.47. The van der Waals surface area contributed by atoms with Gasteiger partial charge in [0.05, 0.1) is 6.42 Å². The van der Waals surface area contributed by atoms with Crippen LogP contribution < -0.4 is 5.32 Å². The molecule has 1 saturated heterocycles. The zero-order valence-corrected chi connectivity index (χ0v) is 10.4. The van der Waals surface area contributed by atoms with Gasteiger partial charge in [-0.05, 0) is 19.0 Å². The number of amides is 1. The van der Waals surface area contributed by atoms with Crippen molar-refractivity contribution in [3.63, 3.8) is 0 Å². The minimum Gasteiger partial charge on any atom is -0.341 e. The number of carbonyl (C=O) groups is 1. The maximum Gasteiger partial charge on any atom is 0.227 e. The van der Waals surface area contributed by atoms with Crippen LogP contribution in [0.4, 0.5) is 13.2 Å². The Morgan fingerprint density at radius 1 is 1.16 bits per heavy atom. The van der Waals surface area contributed by atoms with Crippen LogP contribution in [0.5, 0.6) is 0 Å². The van der Waals surface area contributed by atoms with Gasteiger partial charge in [-0.2, -0.15) is 0 Å². The molecular weight excluding hydrogens is 257 g/mol. The normalized spacial score (nSPS) is 16.3. The van der Waals surface area contributed by atoms with Crippen LogP contribution in [0.1, 0.15) is 12.0 Å². The smallest absolute Gasteiger partial charge is 0.227 e. The van der Waals surface area contributed by atoms with Gasteiger partial charge in [-0.3, -0.25) is 4.79 Å². The van der Waals surface area contributed by atoms with Crippen LogP contribution in [-0.2, 0) is 11.2 Å². The molecule has 1 N–H and O–H groups in total. The van der Waals surface area contributed by atoms with Crippen molar-refractivity contribution in [2.24, 2.45) is 0 Å². The van der Waals surface area contributed by atoms with Crippen LogP contribution >= 0.6 is 0 Å². The number of nitrogens with zero attached hydrogens (tertiary/aromatic N) is 1. The van der Waals surface area contributed by atoms with Gasteiger partial charge in [0, 0.05) is 25.2 Å². The molecule has 0 aliphatic carbocycles. The molecule has 1 aliphatic rings. The molecule has 0 radical (unpaired) electrons. The van der Waals surface area contributed by atoms with Crippen LogP contribution in [-0.4, -0.2) is 37.0 Å². The third-order valence-corrected chi connectivity index (χ3v) is 3.15. The van der Waals surface area contributed by atoms with Gasteiger partial charge in [-0.15, -0.1) is 0 Å². The molecule has 1 fully saturated rings. The molecule has 104 valence electrons. The molecule has 0 unspecified atom stereocenters. The predicted molar refractivity (Wildman–Crippen MR) is 64.1 cm³/mol. The summed E-state index contributed by atoms with van der Waals surface area (Å²) in [4.78, 5) is 13.6. The molecule has 1 aliphatic heterocycles. The fourth-order valence-electron chi connectivity index (χ4n) is 2.07. The van der Waals surface area contributed by atoms with Gasteiger partial charge in [-0.25, -0.2) is 13.2 Å². The highest BCUT2D eigenvalue weighted by atomic mass is 19.2. The lowest BCUT2D eigenvalue weighted by Gasteiger charge is -2.20. The summed E-state index contributed by atoms with van der Waals surface area (Å²) in [5.41, 5.74) is -0.110. The first-order chi connectivity index (χ1) is 9.09. The fourth-order valence-corrected chi connectivity index (χ4v) is 2.07. The Morgan fingerprint density at radius 2 is 1.95 bits per heavy atom. The number of hydrogen-bond donors (Lipinski definition) is 1. The molecular formula is C13H15F3N2O. The number of hydrogen-bond acceptors (Lipinski definition) is 2. The number of nitrogens with one attached hydrogen (secondary N) is 1. The summed E-state index contributed by atoms with van der Waals surface area (Å²) < 4.78 is 39.3. The Balaban J connectivity index is 2.08. The van der Waals surface area contributed by atoms with Gasteiger partial charge in [0.15, 0.2) is 17.5 Å². The van der Waals surface area contributed by atoms with Crippen LogP contribution in [0.3, 0.4) is 0 Å². The molecule has 0 aromatic heterocycles. The first-order valence-corrected chi connectivity index (χ1v) is 6.20. The summed E-state index contributed by atoms with van der Waals surface area (Å²) >= 11 is 0. The van der Waals surface area contributed by atoms with E-state index in [2.05, 4.69) is 5.32 Å². The van der Waals surface area contributed by atoms with Crippen molar-refractivity contribution in [3.05, 3.63) is 35.1 Å². The number of halogens is 3. The van der Waals surface area contributed by atoms with E-state index in [0.29, 0.717) is 19.6 Å². The summed E-state index contributed by atoms with van der Waals surface area (Å²) in [5, 5.41) is 3.15. The summed E-state index contributed by atoms with van der Waals surface area (Å²) in [6, 6.07) is 1.95. The summed E-state index contributed by atoms with van der Waals surface area (Å²) in [6.45, 7) is 2.66. The van der Waals surface area contributed by atoms with Gasteiger partial charge >= 0.3 is 0 Å². The minimum atomic E-state index is -1.53. The molecule has 0 atom stereocenters. The first-order valence-electron chi connectivity index (χ1n) is 6.20. The molecule has 2 rings (SSSR count). The highest BCUT2D eigenvalue weighted by Crippen LogP contribution is 2.16. The third kappa shape index (κ3) is 3.26. The zero-order chi connectivity index (χ0) is 13.8. The fraction of sp³-hybridized carbons (Fsp3) is 0.462. The van der Waals surface area contributed by atoms with E-state index < -0.39 is 17.5 Å². The molecule has 1 aromatic carbocycles. The lowest BCUT2D eigenvalue weighted by atomic mass is 10.1. The summed E-state index contributed by atoms with van der Waals surface area (Å²) in [6.07, 6.45) is 0.578. The van der Waals surface area contributed by atoms with Gasteiger partial charge in [0.25, 0.3) is 0 Å². The maximum absolute atomic E-state index is 13.5. The van der Waals surface area contributed by atoms with Crippen LogP contribution in [0, 0.1) is 17.5 Å². The van der Waals surface area contributed by atoms with Gasteiger partial charge in [0.1, 0.15) is 0 Å². The van der Waals surface area contributed by atoms with Crippen LogP contribution in [0.25, 0.3) is 0 Å². The monoisotopic (exact) mass is 272 g/mol. The topological polar surface area (TPSA) is 32.3 Å². The van der Waals surface area contributed by atoms with E-state index in [-0.39, 0.29) is 17.9 Å². The molecule has 3 nitrogen and oxygen atoms in total. The Morgan fingerprint density at radius 3 is 2.74 bits per heavy atom. The SMILES string of the molecule is O=C(Cc1ccc(F)c(F)c1F)N1CCCNCC1. The molecule has 1 amide bonds. The van der Waals surface area contributed by atoms with Gasteiger partial charge in [0.2, 0.25) is 5.91 Å². The molecule has 0 spiro atoms. The van der Waals surface area contributed by atoms with Crippen LogP contribution in [0.2, 0.25) is 0 Å². The molecule has 6 heteroatoms. The van der Waals surface area contributed by atoms with Crippen LogP contribution in [0.15, 0.2) is 12.1 Å². The van der Waals surface area contributed by atoms with E-state index in [0.717, 1.165) is 25.1 Å². The Hall–Kier alpha value is -1.56. The van der Waals surface area contributed by atoms with E-state index in [9.17, 15) is 18.0 Å². The Bertz CT molecular complexity index is 471. The molecule has 0 bridgehead atoms. The largest absolute Gasteiger partial charge is 0.341 e. The summed E-state index contributed by atoms with van der Waals surface area (Å²) in [7, 11) is 0. The van der Waals surface area contributed by atoms with E-state index in [4.69, 9.17) is 0 Å². The van der Waals surface area contributed by atoms with E-state index >= 15 is 0 Å². The Kier molecular flexibility index (Phi) is 4.42. The lowest BCUT2D eigenvalue weighted by Crippen LogP contribution is -2.35.